The average Bonchev–Trinajstić information content (AvgIpc) is 2.52. The number of aromatic carboxylic acids is 1. The standard InChI is InChI=1S/C7H7NO2.C6H12O6/c8-6-3-1-5(2-4-6)7(9)10;7-1-3(9)5(11)6(12)4(10)2-8/h1-4H,8H2,(H,9,10);3,5-9,11-12H,1-2H2. The summed E-state index contributed by atoms with van der Waals surface area (Å²) in [6.45, 7) is -1.69. The van der Waals surface area contributed by atoms with E-state index in [0.29, 0.717) is 5.69 Å². The van der Waals surface area contributed by atoms with Crippen molar-refractivity contribution in [1.29, 1.82) is 0 Å². The van der Waals surface area contributed by atoms with Crippen LogP contribution in [0.2, 0.25) is 0 Å². The fraction of sp³-hybridized carbons (Fsp3) is 0.385. The second-order valence-electron chi connectivity index (χ2n) is 4.24. The first-order valence-electron chi connectivity index (χ1n) is 6.12. The number of aliphatic hydroxyl groups is 5. The number of nitrogens with two attached hydrogens (primary N) is 1. The number of nitrogen functional groups attached to an aromatic ring is 1. The molecular formula is C13H19NO8. The van der Waals surface area contributed by atoms with Gasteiger partial charge in [0.05, 0.1) is 12.2 Å². The number of rotatable bonds is 6. The van der Waals surface area contributed by atoms with Gasteiger partial charge in [0.2, 0.25) is 0 Å². The topological polar surface area (TPSA) is 182 Å². The number of hydrogen-bond acceptors (Lipinski definition) is 8. The van der Waals surface area contributed by atoms with E-state index in [1.165, 1.54) is 12.1 Å². The molecule has 1 aromatic carbocycles. The zero-order valence-corrected chi connectivity index (χ0v) is 11.5. The summed E-state index contributed by atoms with van der Waals surface area (Å²) in [6.07, 6.45) is -5.22. The first kappa shape index (κ1) is 20.0. The molecule has 8 N–H and O–H groups in total. The van der Waals surface area contributed by atoms with E-state index in [-0.39, 0.29) is 5.56 Å². The van der Waals surface area contributed by atoms with Crippen LogP contribution in [0.5, 0.6) is 0 Å². The van der Waals surface area contributed by atoms with Crippen LogP contribution < -0.4 is 5.73 Å². The van der Waals surface area contributed by atoms with E-state index in [9.17, 15) is 9.59 Å². The minimum Gasteiger partial charge on any atom is -0.478 e. The number of benzene rings is 1. The van der Waals surface area contributed by atoms with Gasteiger partial charge in [0.15, 0.2) is 5.78 Å². The van der Waals surface area contributed by atoms with Gasteiger partial charge in [0.1, 0.15) is 24.9 Å². The highest BCUT2D eigenvalue weighted by Crippen LogP contribution is 2.04. The molecule has 0 heterocycles. The molecule has 0 aliphatic heterocycles. The van der Waals surface area contributed by atoms with Crippen LogP contribution >= 0.6 is 0 Å². The lowest BCUT2D eigenvalue weighted by atomic mass is 10.1. The minimum absolute atomic E-state index is 0.259. The lowest BCUT2D eigenvalue weighted by Gasteiger charge is -2.19. The first-order chi connectivity index (χ1) is 10.2. The lowest BCUT2D eigenvalue weighted by molar-refractivity contribution is -0.142. The maximum atomic E-state index is 10.5. The molecule has 0 aliphatic rings. The van der Waals surface area contributed by atoms with Gasteiger partial charge in [-0.2, -0.15) is 0 Å². The SMILES string of the molecule is Nc1ccc(C(=O)O)cc1.O=C(CO)C(O)C(O)C(O)CO. The monoisotopic (exact) mass is 317 g/mol. The van der Waals surface area contributed by atoms with E-state index in [2.05, 4.69) is 0 Å². The largest absolute Gasteiger partial charge is 0.478 e. The van der Waals surface area contributed by atoms with E-state index in [4.69, 9.17) is 36.4 Å². The summed E-state index contributed by atoms with van der Waals surface area (Å²) in [6, 6.07) is 6.06. The van der Waals surface area contributed by atoms with E-state index in [0.717, 1.165) is 0 Å². The van der Waals surface area contributed by atoms with Gasteiger partial charge in [-0.05, 0) is 24.3 Å². The Kier molecular flexibility index (Phi) is 8.91. The number of Topliss-reactive ketones (excluding diaryl/α,β-unsaturated/α-hetero) is 1. The predicted octanol–water partition coefficient (Wildman–Crippen LogP) is -2.41. The van der Waals surface area contributed by atoms with Crippen LogP contribution in [0.4, 0.5) is 5.69 Å². The molecule has 9 nitrogen and oxygen atoms in total. The van der Waals surface area contributed by atoms with Gasteiger partial charge in [0, 0.05) is 5.69 Å². The second kappa shape index (κ2) is 9.82. The zero-order valence-electron chi connectivity index (χ0n) is 11.5. The van der Waals surface area contributed by atoms with E-state index >= 15 is 0 Å². The molecule has 0 fully saturated rings. The van der Waals surface area contributed by atoms with Gasteiger partial charge in [-0.25, -0.2) is 4.79 Å². The van der Waals surface area contributed by atoms with Crippen molar-refractivity contribution >= 4 is 17.4 Å². The van der Waals surface area contributed by atoms with E-state index in [1.807, 2.05) is 0 Å². The molecule has 9 heteroatoms. The second-order valence-corrected chi connectivity index (χ2v) is 4.24. The summed E-state index contributed by atoms with van der Waals surface area (Å²) in [7, 11) is 0. The molecule has 0 saturated carbocycles. The quantitative estimate of drug-likeness (QED) is 0.281. The third kappa shape index (κ3) is 6.61. The van der Waals surface area contributed by atoms with Crippen molar-refractivity contribution < 1.29 is 40.2 Å². The fourth-order valence-corrected chi connectivity index (χ4v) is 1.23. The smallest absolute Gasteiger partial charge is 0.335 e. The normalized spacial score (nSPS) is 14.2. The van der Waals surface area contributed by atoms with Crippen molar-refractivity contribution in [3.8, 4) is 0 Å². The lowest BCUT2D eigenvalue weighted by Crippen LogP contribution is -2.44. The summed E-state index contributed by atoms with van der Waals surface area (Å²) in [5.74, 6) is -1.94. The van der Waals surface area contributed by atoms with Gasteiger partial charge in [0.25, 0.3) is 0 Å². The molecule has 0 radical (unpaired) electrons. The van der Waals surface area contributed by atoms with Crippen molar-refractivity contribution in [2.75, 3.05) is 18.9 Å². The molecule has 124 valence electrons. The van der Waals surface area contributed by atoms with Crippen molar-refractivity contribution in [3.05, 3.63) is 29.8 Å². The summed E-state index contributed by atoms with van der Waals surface area (Å²) in [5, 5.41) is 51.5. The van der Waals surface area contributed by atoms with Crippen LogP contribution in [-0.2, 0) is 4.79 Å². The summed E-state index contributed by atoms with van der Waals surface area (Å²) < 4.78 is 0. The maximum absolute atomic E-state index is 10.5. The molecule has 1 rings (SSSR count). The van der Waals surface area contributed by atoms with Crippen molar-refractivity contribution in [1.82, 2.24) is 0 Å². The Morgan fingerprint density at radius 2 is 1.55 bits per heavy atom. The first-order valence-corrected chi connectivity index (χ1v) is 6.12. The van der Waals surface area contributed by atoms with Crippen LogP contribution in [-0.4, -0.2) is 73.9 Å². The minimum atomic E-state index is -1.86. The molecule has 0 amide bonds. The van der Waals surface area contributed by atoms with E-state index < -0.39 is 43.3 Å². The van der Waals surface area contributed by atoms with Gasteiger partial charge < -0.3 is 36.4 Å². The van der Waals surface area contributed by atoms with Crippen LogP contribution in [0.15, 0.2) is 24.3 Å². The molecule has 1 aromatic rings. The highest BCUT2D eigenvalue weighted by Gasteiger charge is 2.28. The number of carbonyl (C=O) groups excluding carboxylic acids is 1. The zero-order chi connectivity index (χ0) is 17.3. The highest BCUT2D eigenvalue weighted by atomic mass is 16.4. The Morgan fingerprint density at radius 3 is 1.91 bits per heavy atom. The Balaban J connectivity index is 0.000000406. The molecule has 0 aliphatic carbocycles. The Hall–Kier alpha value is -2.04. The Bertz CT molecular complexity index is 475. The molecule has 0 saturated heterocycles. The number of carboxylic acid groups (broad SMARTS) is 1. The van der Waals surface area contributed by atoms with Crippen LogP contribution in [0.1, 0.15) is 10.4 Å². The third-order valence-corrected chi connectivity index (χ3v) is 2.55. The fourth-order valence-electron chi connectivity index (χ4n) is 1.23. The van der Waals surface area contributed by atoms with Crippen LogP contribution in [0.3, 0.4) is 0 Å². The highest BCUT2D eigenvalue weighted by molar-refractivity contribution is 5.87. The molecule has 22 heavy (non-hydrogen) atoms. The number of carbonyl (C=O) groups is 2. The summed E-state index contributed by atoms with van der Waals surface area (Å²) in [5.41, 5.74) is 6.17. The third-order valence-electron chi connectivity index (χ3n) is 2.55. The van der Waals surface area contributed by atoms with Gasteiger partial charge >= 0.3 is 5.97 Å². The van der Waals surface area contributed by atoms with Crippen molar-refractivity contribution in [2.24, 2.45) is 0 Å². The molecule has 3 unspecified atom stereocenters. The summed E-state index contributed by atoms with van der Waals surface area (Å²) >= 11 is 0. The predicted molar refractivity (Wildman–Crippen MR) is 75.0 cm³/mol. The van der Waals surface area contributed by atoms with Crippen molar-refractivity contribution in [2.45, 2.75) is 18.3 Å². The van der Waals surface area contributed by atoms with Gasteiger partial charge in [-0.15, -0.1) is 0 Å². The maximum Gasteiger partial charge on any atom is 0.335 e. The number of aliphatic hydroxyl groups excluding tert-OH is 5. The van der Waals surface area contributed by atoms with Gasteiger partial charge in [-0.3, -0.25) is 4.79 Å². The Morgan fingerprint density at radius 1 is 1.05 bits per heavy atom. The summed E-state index contributed by atoms with van der Waals surface area (Å²) in [4.78, 5) is 20.8. The Labute approximate surface area is 125 Å². The van der Waals surface area contributed by atoms with Crippen molar-refractivity contribution in [3.63, 3.8) is 0 Å². The molecule has 0 spiro atoms. The molecule has 3 atom stereocenters. The van der Waals surface area contributed by atoms with Gasteiger partial charge in [-0.1, -0.05) is 0 Å². The number of carboxylic acids is 1. The molecule has 0 bridgehead atoms. The molecule has 0 aromatic heterocycles. The number of anilines is 1. The average molecular weight is 317 g/mol. The van der Waals surface area contributed by atoms with E-state index in [1.54, 1.807) is 12.1 Å². The molecular weight excluding hydrogens is 298 g/mol. The van der Waals surface area contributed by atoms with Crippen LogP contribution in [0.25, 0.3) is 0 Å². The van der Waals surface area contributed by atoms with Crippen LogP contribution in [0, 0.1) is 0 Å². The number of ketones is 1. The number of hydrogen-bond donors (Lipinski definition) is 7.